The third kappa shape index (κ3) is 3.51. The maximum absolute atomic E-state index is 12.0. The summed E-state index contributed by atoms with van der Waals surface area (Å²) in [6.45, 7) is 0. The minimum absolute atomic E-state index is 0.0898. The van der Waals surface area contributed by atoms with Crippen LogP contribution in [0.1, 0.15) is 50.0 Å². The van der Waals surface area contributed by atoms with Crippen molar-refractivity contribution in [3.05, 3.63) is 30.1 Å². The van der Waals surface area contributed by atoms with Gasteiger partial charge in [0.15, 0.2) is 5.66 Å². The smallest absolute Gasteiger partial charge is 0.220 e. The second kappa shape index (κ2) is 6.27. The lowest BCUT2D eigenvalue weighted by Crippen LogP contribution is -2.43. The molecule has 1 N–H and O–H groups in total. The van der Waals surface area contributed by atoms with Crippen LogP contribution in [0.3, 0.4) is 0 Å². The average Bonchev–Trinajstić information content (AvgIpc) is 3.28. The minimum atomic E-state index is -0.360. The van der Waals surface area contributed by atoms with Gasteiger partial charge >= 0.3 is 0 Å². The normalized spacial score (nSPS) is 24.1. The van der Waals surface area contributed by atoms with Crippen molar-refractivity contribution in [1.82, 2.24) is 10.3 Å². The Morgan fingerprint density at radius 3 is 2.86 bits per heavy atom. The summed E-state index contributed by atoms with van der Waals surface area (Å²) in [4.78, 5) is 16.1. The van der Waals surface area contributed by atoms with Gasteiger partial charge in [-0.2, -0.15) is 10.2 Å². The second-order valence-corrected chi connectivity index (χ2v) is 6.11. The Balaban J connectivity index is 1.35. The number of pyridine rings is 1. The largest absolute Gasteiger partial charge is 0.353 e. The first-order valence-corrected chi connectivity index (χ1v) is 7.77. The SMILES string of the molecule is C#CCCC1(CCC(=O)NC2CC(c3cccnc3)C2)N=N1. The van der Waals surface area contributed by atoms with Crippen molar-refractivity contribution in [1.29, 1.82) is 0 Å². The summed E-state index contributed by atoms with van der Waals surface area (Å²) in [6, 6.07) is 4.34. The molecule has 1 saturated carbocycles. The first-order chi connectivity index (χ1) is 10.7. The molecule has 22 heavy (non-hydrogen) atoms. The second-order valence-electron chi connectivity index (χ2n) is 6.11. The zero-order valence-corrected chi connectivity index (χ0v) is 12.5. The lowest BCUT2D eigenvalue weighted by molar-refractivity contribution is -0.122. The van der Waals surface area contributed by atoms with Crippen LogP contribution in [-0.4, -0.2) is 22.6 Å². The summed E-state index contributed by atoms with van der Waals surface area (Å²) in [6.07, 6.45) is 13.5. The lowest BCUT2D eigenvalue weighted by atomic mass is 9.76. The Morgan fingerprint density at radius 2 is 2.23 bits per heavy atom. The molecule has 1 fully saturated rings. The molecule has 1 aromatic heterocycles. The van der Waals surface area contributed by atoms with E-state index in [-0.39, 0.29) is 17.6 Å². The highest BCUT2D eigenvalue weighted by atomic mass is 16.1. The zero-order valence-electron chi connectivity index (χ0n) is 12.5. The van der Waals surface area contributed by atoms with E-state index in [1.54, 1.807) is 6.20 Å². The van der Waals surface area contributed by atoms with Gasteiger partial charge in [-0.15, -0.1) is 12.3 Å². The topological polar surface area (TPSA) is 66.7 Å². The summed E-state index contributed by atoms with van der Waals surface area (Å²) in [7, 11) is 0. The molecule has 5 heteroatoms. The maximum Gasteiger partial charge on any atom is 0.220 e. The number of hydrogen-bond donors (Lipinski definition) is 1. The Kier molecular flexibility index (Phi) is 4.19. The molecule has 0 atom stereocenters. The number of terminal acetylenes is 1. The maximum atomic E-state index is 12.0. The molecule has 2 aliphatic rings. The van der Waals surface area contributed by atoms with Gasteiger partial charge in [0.1, 0.15) is 0 Å². The Hall–Kier alpha value is -2.22. The molecular weight excluding hydrogens is 276 g/mol. The minimum Gasteiger partial charge on any atom is -0.353 e. The van der Waals surface area contributed by atoms with Gasteiger partial charge in [-0.05, 0) is 30.4 Å². The lowest BCUT2D eigenvalue weighted by Gasteiger charge is -2.36. The molecule has 1 aromatic rings. The van der Waals surface area contributed by atoms with Crippen molar-refractivity contribution >= 4 is 5.91 Å². The summed E-state index contributed by atoms with van der Waals surface area (Å²) >= 11 is 0. The van der Waals surface area contributed by atoms with Crippen LogP contribution in [0.4, 0.5) is 0 Å². The van der Waals surface area contributed by atoms with E-state index in [0.29, 0.717) is 25.2 Å². The van der Waals surface area contributed by atoms with Gasteiger partial charge in [-0.25, -0.2) is 0 Å². The van der Waals surface area contributed by atoms with Crippen molar-refractivity contribution in [3.8, 4) is 12.3 Å². The average molecular weight is 296 g/mol. The predicted molar refractivity (Wildman–Crippen MR) is 83.0 cm³/mol. The van der Waals surface area contributed by atoms with E-state index in [2.05, 4.69) is 32.5 Å². The highest BCUT2D eigenvalue weighted by molar-refractivity contribution is 5.76. The van der Waals surface area contributed by atoms with E-state index in [0.717, 1.165) is 19.3 Å². The van der Waals surface area contributed by atoms with Gasteiger partial charge in [0.05, 0.1) is 0 Å². The highest BCUT2D eigenvalue weighted by Gasteiger charge is 2.39. The number of carbonyl (C=O) groups is 1. The molecule has 0 saturated heterocycles. The number of nitrogens with one attached hydrogen (secondary N) is 1. The fourth-order valence-corrected chi connectivity index (χ4v) is 2.91. The van der Waals surface area contributed by atoms with E-state index in [9.17, 15) is 4.79 Å². The van der Waals surface area contributed by atoms with Crippen molar-refractivity contribution in [2.24, 2.45) is 10.2 Å². The molecule has 3 rings (SSSR count). The Labute approximate surface area is 130 Å². The molecule has 0 aromatic carbocycles. The number of rotatable bonds is 7. The first kappa shape index (κ1) is 14.7. The zero-order chi connectivity index (χ0) is 15.4. The van der Waals surface area contributed by atoms with E-state index in [4.69, 9.17) is 6.42 Å². The van der Waals surface area contributed by atoms with Gasteiger partial charge in [0.25, 0.3) is 0 Å². The molecule has 0 unspecified atom stereocenters. The van der Waals surface area contributed by atoms with Crippen LogP contribution in [0.15, 0.2) is 34.8 Å². The van der Waals surface area contributed by atoms with Crippen LogP contribution in [0.25, 0.3) is 0 Å². The Morgan fingerprint density at radius 1 is 1.41 bits per heavy atom. The highest BCUT2D eigenvalue weighted by Crippen LogP contribution is 2.38. The van der Waals surface area contributed by atoms with Gasteiger partial charge in [0, 0.05) is 44.1 Å². The number of nitrogens with zero attached hydrogens (tertiary/aromatic N) is 3. The predicted octanol–water partition coefficient (Wildman–Crippen LogP) is 2.80. The molecule has 1 amide bonds. The van der Waals surface area contributed by atoms with Crippen LogP contribution >= 0.6 is 0 Å². The standard InChI is InChI=1S/C17H20N4O/c1-2-3-7-17(20-21-17)8-6-16(22)19-15-10-14(11-15)13-5-4-9-18-12-13/h1,4-5,9,12,14-15H,3,6-8,10-11H2,(H,19,22). The van der Waals surface area contributed by atoms with Crippen LogP contribution in [0.2, 0.25) is 0 Å². The molecule has 114 valence electrons. The molecule has 0 radical (unpaired) electrons. The van der Waals surface area contributed by atoms with Gasteiger partial charge < -0.3 is 5.32 Å². The van der Waals surface area contributed by atoms with Gasteiger partial charge in [0.2, 0.25) is 5.91 Å². The number of hydrogen-bond acceptors (Lipinski definition) is 4. The van der Waals surface area contributed by atoms with Crippen molar-refractivity contribution < 1.29 is 4.79 Å². The molecule has 0 spiro atoms. The Bertz CT molecular complexity index is 593. The third-order valence-electron chi connectivity index (χ3n) is 4.46. The number of carbonyl (C=O) groups excluding carboxylic acids is 1. The molecule has 1 aliphatic carbocycles. The van der Waals surface area contributed by atoms with Crippen molar-refractivity contribution in [2.45, 2.75) is 56.1 Å². The van der Waals surface area contributed by atoms with Crippen LogP contribution < -0.4 is 5.32 Å². The quantitative estimate of drug-likeness (QED) is 0.786. The first-order valence-electron chi connectivity index (χ1n) is 7.77. The monoisotopic (exact) mass is 296 g/mol. The van der Waals surface area contributed by atoms with Crippen LogP contribution in [-0.2, 0) is 4.79 Å². The van der Waals surface area contributed by atoms with Gasteiger partial charge in [-0.1, -0.05) is 6.07 Å². The van der Waals surface area contributed by atoms with Crippen LogP contribution in [0.5, 0.6) is 0 Å². The fraction of sp³-hybridized carbons (Fsp3) is 0.529. The van der Waals surface area contributed by atoms with E-state index in [1.807, 2.05) is 12.3 Å². The number of aromatic nitrogens is 1. The molecule has 5 nitrogen and oxygen atoms in total. The van der Waals surface area contributed by atoms with Gasteiger partial charge in [-0.3, -0.25) is 9.78 Å². The summed E-state index contributed by atoms with van der Waals surface area (Å²) in [5.41, 5.74) is 0.901. The van der Waals surface area contributed by atoms with E-state index < -0.39 is 0 Å². The van der Waals surface area contributed by atoms with Crippen molar-refractivity contribution in [2.75, 3.05) is 0 Å². The molecule has 0 bridgehead atoms. The summed E-state index contributed by atoms with van der Waals surface area (Å²) < 4.78 is 0. The number of amides is 1. The molecule has 2 heterocycles. The van der Waals surface area contributed by atoms with Crippen molar-refractivity contribution in [3.63, 3.8) is 0 Å². The van der Waals surface area contributed by atoms with E-state index in [1.165, 1.54) is 5.56 Å². The third-order valence-corrected chi connectivity index (χ3v) is 4.46. The summed E-state index contributed by atoms with van der Waals surface area (Å²) in [5.74, 6) is 3.21. The molecular formula is C17H20N4O. The fourth-order valence-electron chi connectivity index (χ4n) is 2.91. The molecule has 1 aliphatic heterocycles. The van der Waals surface area contributed by atoms with E-state index >= 15 is 0 Å². The summed E-state index contributed by atoms with van der Waals surface area (Å²) in [5, 5.41) is 11.2. The van der Waals surface area contributed by atoms with Crippen LogP contribution in [0, 0.1) is 12.3 Å².